The van der Waals surface area contributed by atoms with Crippen LogP contribution in [0.1, 0.15) is 35.3 Å². The normalized spacial score (nSPS) is 12.5. The number of pyridine rings is 1. The van der Waals surface area contributed by atoms with Crippen LogP contribution in [0, 0.1) is 11.3 Å². The highest BCUT2D eigenvalue weighted by Crippen LogP contribution is 2.17. The number of hydrogen-bond donors (Lipinski definition) is 4. The van der Waals surface area contributed by atoms with Crippen LogP contribution in [0.25, 0.3) is 5.57 Å². The quantitative estimate of drug-likeness (QED) is 0.462. The molecule has 0 bridgehead atoms. The minimum Gasteiger partial charge on any atom is -0.393 e. The van der Waals surface area contributed by atoms with Crippen LogP contribution in [0.2, 0.25) is 0 Å². The molecule has 0 saturated carbocycles. The number of aromatic nitrogens is 1. The van der Waals surface area contributed by atoms with Gasteiger partial charge < -0.3 is 26.5 Å². The van der Waals surface area contributed by atoms with Gasteiger partial charge in [0.2, 0.25) is 0 Å². The number of hydrogen-bond acceptors (Lipinski definition) is 6. The molecule has 29 heavy (non-hydrogen) atoms. The molecule has 1 atom stereocenters. The van der Waals surface area contributed by atoms with Crippen LogP contribution < -0.4 is 16.4 Å². The Kier molecular flexibility index (Phi) is 8.36. The Bertz CT molecular complexity index is 850. The van der Waals surface area contributed by atoms with E-state index in [0.717, 1.165) is 5.56 Å². The van der Waals surface area contributed by atoms with Crippen molar-refractivity contribution in [3.05, 3.63) is 65.5 Å². The highest BCUT2D eigenvalue weighted by Gasteiger charge is 2.20. The molecule has 2 rings (SSSR count). The molecule has 154 valence electrons. The fourth-order valence-corrected chi connectivity index (χ4v) is 2.70. The Morgan fingerprint density at radius 3 is 2.66 bits per heavy atom. The molecule has 1 heterocycles. The Balaban J connectivity index is 2.09. The van der Waals surface area contributed by atoms with E-state index in [4.69, 9.17) is 15.9 Å². The number of nitrogens with two attached hydrogens (primary N) is 1. The van der Waals surface area contributed by atoms with Crippen LogP contribution in [-0.4, -0.2) is 36.8 Å². The maximum absolute atomic E-state index is 12.9. The number of carbonyl (C=O) groups excluding carboxylic acids is 1. The first-order chi connectivity index (χ1) is 14.0. The van der Waals surface area contributed by atoms with E-state index in [9.17, 15) is 4.79 Å². The number of rotatable bonds is 10. The van der Waals surface area contributed by atoms with Gasteiger partial charge in [-0.15, -0.1) is 0 Å². The molecule has 0 radical (unpaired) electrons. The van der Waals surface area contributed by atoms with Crippen molar-refractivity contribution in [2.45, 2.75) is 26.5 Å². The first kappa shape index (κ1) is 22.1. The van der Waals surface area contributed by atoms with E-state index in [1.165, 1.54) is 6.21 Å². The van der Waals surface area contributed by atoms with Crippen LogP contribution in [0.4, 0.5) is 5.82 Å². The lowest BCUT2D eigenvalue weighted by atomic mass is 10.0. The number of nitrogens with zero attached hydrogens (tertiary/aromatic N) is 1. The predicted octanol–water partition coefficient (Wildman–Crippen LogP) is 2.84. The summed E-state index contributed by atoms with van der Waals surface area (Å²) in [7, 11) is 1.74. The maximum Gasteiger partial charge on any atom is 0.255 e. The van der Waals surface area contributed by atoms with Crippen molar-refractivity contribution < 1.29 is 9.53 Å². The van der Waals surface area contributed by atoms with Crippen molar-refractivity contribution in [1.29, 1.82) is 5.41 Å². The number of ether oxygens (including phenoxy) is 1. The Morgan fingerprint density at radius 1 is 1.31 bits per heavy atom. The lowest BCUT2D eigenvalue weighted by Crippen LogP contribution is -2.42. The Labute approximate surface area is 171 Å². The molecule has 7 nitrogen and oxygen atoms in total. The van der Waals surface area contributed by atoms with E-state index in [2.05, 4.69) is 15.6 Å². The molecule has 1 amide bonds. The monoisotopic (exact) mass is 395 g/mol. The summed E-state index contributed by atoms with van der Waals surface area (Å²) in [5.74, 6) is 0.00816. The van der Waals surface area contributed by atoms with Crippen LogP contribution in [0.3, 0.4) is 0 Å². The van der Waals surface area contributed by atoms with Gasteiger partial charge in [-0.05, 0) is 17.5 Å². The van der Waals surface area contributed by atoms with Gasteiger partial charge in [0.25, 0.3) is 5.91 Å². The number of nitrogen functional groups attached to an aromatic ring is 1. The van der Waals surface area contributed by atoms with Crippen LogP contribution in [0.5, 0.6) is 0 Å². The van der Waals surface area contributed by atoms with Crippen LogP contribution in [0.15, 0.2) is 48.8 Å². The highest BCUT2D eigenvalue weighted by molar-refractivity contribution is 6.09. The van der Waals surface area contributed by atoms with Gasteiger partial charge in [-0.2, -0.15) is 0 Å². The molecule has 2 aromatic rings. The summed E-state index contributed by atoms with van der Waals surface area (Å²) in [6.45, 7) is 4.92. The molecule has 0 aliphatic carbocycles. The second-order valence-corrected chi connectivity index (χ2v) is 7.01. The molecule has 0 fully saturated rings. The molecular weight excluding hydrogens is 366 g/mol. The molecule has 0 saturated heterocycles. The highest BCUT2D eigenvalue weighted by atomic mass is 16.5. The topological polar surface area (TPSA) is 113 Å². The first-order valence-corrected chi connectivity index (χ1v) is 9.52. The van der Waals surface area contributed by atoms with Crippen LogP contribution in [-0.2, 0) is 11.3 Å². The molecule has 0 aliphatic rings. The van der Waals surface area contributed by atoms with Crippen molar-refractivity contribution in [2.24, 2.45) is 5.92 Å². The fourth-order valence-electron chi connectivity index (χ4n) is 2.70. The Morgan fingerprint density at radius 2 is 2.03 bits per heavy atom. The predicted molar refractivity (Wildman–Crippen MR) is 117 cm³/mol. The fraction of sp³-hybridized carbons (Fsp3) is 0.318. The first-order valence-electron chi connectivity index (χ1n) is 9.52. The smallest absolute Gasteiger partial charge is 0.255 e. The maximum atomic E-state index is 12.9. The van der Waals surface area contributed by atoms with Gasteiger partial charge in [0.05, 0.1) is 24.8 Å². The largest absolute Gasteiger partial charge is 0.393 e. The molecule has 0 spiro atoms. The molecule has 1 aromatic carbocycles. The van der Waals surface area contributed by atoms with E-state index in [0.29, 0.717) is 24.4 Å². The SMILES string of the molecule is CN/C=C(\C=N)c1cnc(N)c(C(=O)NC(COCc2ccccc2)C(C)C)c1. The Hall–Kier alpha value is -3.19. The zero-order valence-electron chi connectivity index (χ0n) is 17.1. The summed E-state index contributed by atoms with van der Waals surface area (Å²) in [6, 6.07) is 11.4. The lowest BCUT2D eigenvalue weighted by molar-refractivity contribution is 0.0724. The molecule has 7 heteroatoms. The molecule has 0 aliphatic heterocycles. The third-order valence-electron chi connectivity index (χ3n) is 4.48. The third kappa shape index (κ3) is 6.43. The zero-order chi connectivity index (χ0) is 21.2. The van der Waals surface area contributed by atoms with Gasteiger partial charge in [-0.1, -0.05) is 44.2 Å². The molecule has 5 N–H and O–H groups in total. The van der Waals surface area contributed by atoms with Gasteiger partial charge in [0.15, 0.2) is 0 Å². The van der Waals surface area contributed by atoms with Crippen LogP contribution >= 0.6 is 0 Å². The summed E-state index contributed by atoms with van der Waals surface area (Å²) >= 11 is 0. The standard InChI is InChI=1S/C22H29N5O2/c1-15(2)20(14-29-13-16-7-5-4-6-8-16)27-22(28)19-9-17(12-26-21(19)24)18(10-23)11-25-3/h4-12,15,20,23,25H,13-14H2,1-3H3,(H2,24,26)(H,27,28)/b18-11+,23-10?. The molecule has 1 aromatic heterocycles. The van der Waals surface area contributed by atoms with Gasteiger partial charge in [-0.3, -0.25) is 4.79 Å². The van der Waals surface area contributed by atoms with E-state index >= 15 is 0 Å². The van der Waals surface area contributed by atoms with Crippen molar-refractivity contribution in [3.63, 3.8) is 0 Å². The minimum atomic E-state index is -0.312. The third-order valence-corrected chi connectivity index (χ3v) is 4.48. The minimum absolute atomic E-state index is 0.146. The number of anilines is 1. The van der Waals surface area contributed by atoms with Gasteiger partial charge >= 0.3 is 0 Å². The second kappa shape index (κ2) is 11.0. The summed E-state index contributed by atoms with van der Waals surface area (Å²) in [5, 5.41) is 13.4. The summed E-state index contributed by atoms with van der Waals surface area (Å²) in [6.07, 6.45) is 4.40. The number of carbonyl (C=O) groups is 1. The number of amides is 1. The van der Waals surface area contributed by atoms with E-state index in [1.807, 2.05) is 44.2 Å². The van der Waals surface area contributed by atoms with E-state index < -0.39 is 0 Å². The summed E-state index contributed by atoms with van der Waals surface area (Å²) in [5.41, 5.74) is 8.53. The number of nitrogens with one attached hydrogen (secondary N) is 3. The van der Waals surface area contributed by atoms with Crippen molar-refractivity contribution in [1.82, 2.24) is 15.6 Å². The van der Waals surface area contributed by atoms with Crippen molar-refractivity contribution in [3.8, 4) is 0 Å². The van der Waals surface area contributed by atoms with Crippen molar-refractivity contribution in [2.75, 3.05) is 19.4 Å². The van der Waals surface area contributed by atoms with Crippen molar-refractivity contribution >= 4 is 23.5 Å². The number of allylic oxidation sites excluding steroid dienone is 1. The van der Waals surface area contributed by atoms with Gasteiger partial charge in [0.1, 0.15) is 5.82 Å². The van der Waals surface area contributed by atoms with Gasteiger partial charge in [0, 0.05) is 36.8 Å². The average Bonchev–Trinajstić information content (AvgIpc) is 2.72. The second-order valence-electron chi connectivity index (χ2n) is 7.01. The summed E-state index contributed by atoms with van der Waals surface area (Å²) < 4.78 is 5.81. The summed E-state index contributed by atoms with van der Waals surface area (Å²) in [4.78, 5) is 17.0. The van der Waals surface area contributed by atoms with Gasteiger partial charge in [-0.25, -0.2) is 4.98 Å². The molecular formula is C22H29N5O2. The molecule has 1 unspecified atom stereocenters. The average molecular weight is 396 g/mol. The van der Waals surface area contributed by atoms with E-state index in [1.54, 1.807) is 25.5 Å². The van der Waals surface area contributed by atoms with E-state index in [-0.39, 0.29) is 29.2 Å². The zero-order valence-corrected chi connectivity index (χ0v) is 17.1. The number of benzene rings is 1. The lowest BCUT2D eigenvalue weighted by Gasteiger charge is -2.23.